The van der Waals surface area contributed by atoms with Gasteiger partial charge in [0.15, 0.2) is 0 Å². The fourth-order valence-corrected chi connectivity index (χ4v) is 2.62. The highest BCUT2D eigenvalue weighted by Crippen LogP contribution is 2.20. The summed E-state index contributed by atoms with van der Waals surface area (Å²) in [6, 6.07) is 3.82. The van der Waals surface area contributed by atoms with Crippen molar-refractivity contribution < 1.29 is 24.3 Å². The second-order valence-electron chi connectivity index (χ2n) is 7.85. The topological polar surface area (TPSA) is 227 Å². The first kappa shape index (κ1) is 40.2. The molecule has 12 N–H and O–H groups in total. The van der Waals surface area contributed by atoms with E-state index in [0.717, 1.165) is 6.54 Å². The van der Waals surface area contributed by atoms with E-state index in [9.17, 15) is 24.3 Å². The Kier molecular flexibility index (Phi) is 27.2. The normalized spacial score (nSPS) is 10.2. The van der Waals surface area contributed by atoms with E-state index in [1.807, 2.05) is 27.7 Å². The minimum absolute atomic E-state index is 0.220. The number of hydrogen-bond donors (Lipinski definition) is 9. The summed E-state index contributed by atoms with van der Waals surface area (Å²) in [5, 5.41) is 19.1. The van der Waals surface area contributed by atoms with Gasteiger partial charge in [0.05, 0.1) is 31.9 Å². The van der Waals surface area contributed by atoms with Crippen LogP contribution in [0.5, 0.6) is 0 Å². The van der Waals surface area contributed by atoms with Crippen LogP contribution in [0.25, 0.3) is 0 Å². The van der Waals surface area contributed by atoms with E-state index < -0.39 is 29.7 Å². The standard InChI is InChI=1S/C18H29N7O5.C4H11N.2C2H6/c1-10(2)17(24-16(29)7-21-14(27)6-19)18(30)22-8-15(28)23-12-4-3-11(9-26)13(5-12)25-20;1-2-3-4-5;2*1-2/h3-5,10,17,25-26H,6-9,19-20H2,1-2H3,(H,21,27)(H,22,30)(H,23,28)(H,24,29);2-5H2,1H3;2*1-2H3. The van der Waals surface area contributed by atoms with Crippen LogP contribution in [0.3, 0.4) is 0 Å². The molecule has 39 heavy (non-hydrogen) atoms. The van der Waals surface area contributed by atoms with Gasteiger partial charge in [0.2, 0.25) is 23.6 Å². The van der Waals surface area contributed by atoms with E-state index in [1.165, 1.54) is 18.9 Å². The van der Waals surface area contributed by atoms with E-state index in [4.69, 9.17) is 17.3 Å². The molecule has 0 spiro atoms. The summed E-state index contributed by atoms with van der Waals surface area (Å²) in [4.78, 5) is 47.5. The van der Waals surface area contributed by atoms with Gasteiger partial charge in [-0.3, -0.25) is 25.0 Å². The molecular weight excluding hydrogens is 504 g/mol. The molecule has 13 heteroatoms. The second-order valence-corrected chi connectivity index (χ2v) is 7.85. The first-order chi connectivity index (χ1) is 18.6. The summed E-state index contributed by atoms with van der Waals surface area (Å²) in [6.45, 7) is 13.3. The molecule has 13 nitrogen and oxygen atoms in total. The first-order valence-electron chi connectivity index (χ1n) is 13.4. The fraction of sp³-hybridized carbons (Fsp3) is 0.615. The second kappa shape index (κ2) is 26.4. The highest BCUT2D eigenvalue weighted by Gasteiger charge is 2.24. The summed E-state index contributed by atoms with van der Waals surface area (Å²) in [5.74, 6) is 3.03. The van der Waals surface area contributed by atoms with Gasteiger partial charge in [0.1, 0.15) is 6.04 Å². The number of unbranched alkanes of at least 4 members (excludes halogenated alkanes) is 1. The number of hydrogen-bond acceptors (Lipinski definition) is 9. The number of nitrogens with one attached hydrogen (secondary N) is 5. The fourth-order valence-electron chi connectivity index (χ4n) is 2.62. The minimum Gasteiger partial charge on any atom is -0.392 e. The Bertz CT molecular complexity index is 820. The van der Waals surface area contributed by atoms with Crippen LogP contribution in [-0.2, 0) is 25.8 Å². The summed E-state index contributed by atoms with van der Waals surface area (Å²) < 4.78 is 0. The van der Waals surface area contributed by atoms with Gasteiger partial charge in [-0.15, -0.1) is 0 Å². The van der Waals surface area contributed by atoms with Crippen molar-refractivity contribution in [1.82, 2.24) is 16.0 Å². The Morgan fingerprint density at radius 2 is 1.51 bits per heavy atom. The third kappa shape index (κ3) is 19.5. The van der Waals surface area contributed by atoms with Crippen molar-refractivity contribution in [3.63, 3.8) is 0 Å². The predicted molar refractivity (Wildman–Crippen MR) is 157 cm³/mol. The number of nitrogens with two attached hydrogens (primary N) is 3. The molecular formula is C26H52N8O5. The van der Waals surface area contributed by atoms with Gasteiger partial charge in [0.25, 0.3) is 0 Å². The minimum atomic E-state index is -0.892. The van der Waals surface area contributed by atoms with Gasteiger partial charge in [-0.25, -0.2) is 0 Å². The molecule has 0 aliphatic heterocycles. The molecule has 4 amide bonds. The molecule has 0 aliphatic rings. The third-order valence-corrected chi connectivity index (χ3v) is 4.60. The first-order valence-corrected chi connectivity index (χ1v) is 13.4. The molecule has 0 bridgehead atoms. The summed E-state index contributed by atoms with van der Waals surface area (Å²) >= 11 is 0. The van der Waals surface area contributed by atoms with Crippen molar-refractivity contribution in [2.75, 3.05) is 36.9 Å². The number of amides is 4. The van der Waals surface area contributed by atoms with Crippen molar-refractivity contribution in [2.45, 2.75) is 74.0 Å². The van der Waals surface area contributed by atoms with Crippen molar-refractivity contribution in [1.29, 1.82) is 0 Å². The zero-order valence-corrected chi connectivity index (χ0v) is 24.6. The van der Waals surface area contributed by atoms with E-state index >= 15 is 0 Å². The monoisotopic (exact) mass is 556 g/mol. The Morgan fingerprint density at radius 3 is 1.95 bits per heavy atom. The number of hydrazine groups is 1. The molecule has 1 unspecified atom stereocenters. The highest BCUT2D eigenvalue weighted by atomic mass is 16.3. The largest absolute Gasteiger partial charge is 0.392 e. The van der Waals surface area contributed by atoms with Crippen LogP contribution in [0, 0.1) is 5.92 Å². The average Bonchev–Trinajstić information content (AvgIpc) is 2.95. The number of anilines is 2. The molecule has 0 aromatic heterocycles. The van der Waals surface area contributed by atoms with E-state index in [1.54, 1.807) is 26.0 Å². The van der Waals surface area contributed by atoms with E-state index in [-0.39, 0.29) is 32.2 Å². The maximum absolute atomic E-state index is 12.4. The zero-order valence-electron chi connectivity index (χ0n) is 24.6. The van der Waals surface area contributed by atoms with Crippen molar-refractivity contribution in [3.8, 4) is 0 Å². The summed E-state index contributed by atoms with van der Waals surface area (Å²) in [7, 11) is 0. The van der Waals surface area contributed by atoms with E-state index in [0.29, 0.717) is 16.9 Å². The van der Waals surface area contributed by atoms with Crippen LogP contribution in [0.1, 0.15) is 66.9 Å². The van der Waals surface area contributed by atoms with Gasteiger partial charge >= 0.3 is 0 Å². The summed E-state index contributed by atoms with van der Waals surface area (Å²) in [5.41, 5.74) is 14.1. The SMILES string of the molecule is CC.CC.CC(C)C(NC(=O)CNC(=O)CN)C(=O)NCC(=O)Nc1ccc(CO)c(NN)c1.CCCCN. The maximum atomic E-state index is 12.4. The van der Waals surface area contributed by atoms with Crippen LogP contribution in [0.2, 0.25) is 0 Å². The van der Waals surface area contributed by atoms with Gasteiger partial charge < -0.3 is 43.3 Å². The molecule has 1 aromatic carbocycles. The summed E-state index contributed by atoms with van der Waals surface area (Å²) in [6.07, 6.45) is 2.39. The van der Waals surface area contributed by atoms with Gasteiger partial charge in [-0.2, -0.15) is 0 Å². The molecule has 0 heterocycles. The number of rotatable bonds is 13. The van der Waals surface area contributed by atoms with Gasteiger partial charge in [0, 0.05) is 11.3 Å². The van der Waals surface area contributed by atoms with Gasteiger partial charge in [-0.1, -0.05) is 61.0 Å². The number of nitrogen functional groups attached to an aromatic ring is 1. The van der Waals surface area contributed by atoms with Crippen LogP contribution in [0.4, 0.5) is 11.4 Å². The molecule has 1 rings (SSSR count). The van der Waals surface area contributed by atoms with Crippen LogP contribution >= 0.6 is 0 Å². The number of carbonyl (C=O) groups is 4. The van der Waals surface area contributed by atoms with Crippen molar-refractivity contribution >= 4 is 35.0 Å². The quantitative estimate of drug-likeness (QED) is 0.122. The molecule has 0 aliphatic carbocycles. The lowest BCUT2D eigenvalue weighted by Crippen LogP contribution is -2.53. The number of aliphatic hydroxyl groups is 1. The van der Waals surface area contributed by atoms with Crippen LogP contribution in [-0.4, -0.2) is 61.0 Å². The predicted octanol–water partition coefficient (Wildman–Crippen LogP) is 0.533. The zero-order chi connectivity index (χ0) is 30.8. The molecule has 1 aromatic rings. The van der Waals surface area contributed by atoms with E-state index in [2.05, 4.69) is 33.6 Å². The molecule has 0 fully saturated rings. The van der Waals surface area contributed by atoms with Crippen LogP contribution in [0.15, 0.2) is 18.2 Å². The number of carbonyl (C=O) groups excluding carboxylic acids is 4. The highest BCUT2D eigenvalue weighted by molar-refractivity contribution is 5.96. The van der Waals surface area contributed by atoms with Gasteiger partial charge in [-0.05, 0) is 31.0 Å². The number of benzene rings is 1. The van der Waals surface area contributed by atoms with Crippen molar-refractivity contribution in [3.05, 3.63) is 23.8 Å². The Labute approximate surface area is 233 Å². The maximum Gasteiger partial charge on any atom is 0.243 e. The molecule has 226 valence electrons. The lowest BCUT2D eigenvalue weighted by molar-refractivity contribution is -0.131. The molecule has 1 atom stereocenters. The average molecular weight is 557 g/mol. The lowest BCUT2D eigenvalue weighted by atomic mass is 10.0. The Balaban J connectivity index is -0.00000126. The number of aliphatic hydroxyl groups excluding tert-OH is 1. The third-order valence-electron chi connectivity index (χ3n) is 4.60. The lowest BCUT2D eigenvalue weighted by Gasteiger charge is -2.21. The molecule has 0 saturated heterocycles. The molecule has 0 saturated carbocycles. The van der Waals surface area contributed by atoms with Crippen molar-refractivity contribution in [2.24, 2.45) is 23.2 Å². The molecule has 0 radical (unpaired) electrons. The van der Waals surface area contributed by atoms with Crippen LogP contribution < -0.4 is 44.0 Å². The Hall–Kier alpha value is -3.26. The smallest absolute Gasteiger partial charge is 0.243 e. The Morgan fingerprint density at radius 1 is 0.923 bits per heavy atom.